The number of benzene rings is 2. The molecule has 0 fully saturated rings. The Labute approximate surface area is 143 Å². The lowest BCUT2D eigenvalue weighted by molar-refractivity contribution is -0.384. The van der Waals surface area contributed by atoms with Crippen molar-refractivity contribution in [1.82, 2.24) is 0 Å². The molecule has 0 atom stereocenters. The molecule has 0 unspecified atom stereocenters. The second-order valence-corrected chi connectivity index (χ2v) is 4.85. The smallest absolute Gasteiger partial charge is 0.340 e. The highest BCUT2D eigenvalue weighted by molar-refractivity contribution is 6.01. The molecule has 0 spiro atoms. The van der Waals surface area contributed by atoms with Crippen molar-refractivity contribution in [1.29, 1.82) is 0 Å². The summed E-state index contributed by atoms with van der Waals surface area (Å²) in [6.45, 7) is 1.61. The van der Waals surface area contributed by atoms with Gasteiger partial charge in [0.2, 0.25) is 0 Å². The van der Waals surface area contributed by atoms with Crippen molar-refractivity contribution in [2.75, 3.05) is 18.5 Å². The SMILES string of the molecule is CCOC(=O)c1ccccc1NC(=O)COc1ccc([N+](=O)[O-])cc1. The van der Waals surface area contributed by atoms with Gasteiger partial charge in [0.05, 0.1) is 22.8 Å². The van der Waals surface area contributed by atoms with Crippen LogP contribution in [0.3, 0.4) is 0 Å². The number of nitro groups is 1. The fourth-order valence-corrected chi connectivity index (χ4v) is 1.98. The van der Waals surface area contributed by atoms with Crippen LogP contribution in [0.4, 0.5) is 11.4 Å². The van der Waals surface area contributed by atoms with E-state index in [2.05, 4.69) is 5.32 Å². The summed E-state index contributed by atoms with van der Waals surface area (Å²) in [5, 5.41) is 13.2. The van der Waals surface area contributed by atoms with Gasteiger partial charge in [-0.3, -0.25) is 14.9 Å². The van der Waals surface area contributed by atoms with Gasteiger partial charge in [-0.1, -0.05) is 12.1 Å². The first-order chi connectivity index (χ1) is 12.0. The number of anilines is 1. The van der Waals surface area contributed by atoms with Crippen LogP contribution in [0.5, 0.6) is 5.75 Å². The van der Waals surface area contributed by atoms with Crippen LogP contribution in [0.25, 0.3) is 0 Å². The second-order valence-electron chi connectivity index (χ2n) is 4.85. The van der Waals surface area contributed by atoms with Crippen LogP contribution in [0.15, 0.2) is 48.5 Å². The number of carbonyl (C=O) groups is 2. The number of esters is 1. The summed E-state index contributed by atoms with van der Waals surface area (Å²) in [5.41, 5.74) is 0.492. The number of amides is 1. The molecule has 0 radical (unpaired) electrons. The van der Waals surface area contributed by atoms with Crippen LogP contribution >= 0.6 is 0 Å². The Morgan fingerprint density at radius 3 is 2.44 bits per heavy atom. The van der Waals surface area contributed by atoms with Gasteiger partial charge in [0.25, 0.3) is 11.6 Å². The number of para-hydroxylation sites is 1. The first-order valence-electron chi connectivity index (χ1n) is 7.44. The van der Waals surface area contributed by atoms with Gasteiger partial charge < -0.3 is 14.8 Å². The number of nitro benzene ring substituents is 1. The Hall–Kier alpha value is -3.42. The number of carbonyl (C=O) groups excluding carboxylic acids is 2. The summed E-state index contributed by atoms with van der Waals surface area (Å²) >= 11 is 0. The lowest BCUT2D eigenvalue weighted by Crippen LogP contribution is -2.22. The number of nitrogens with one attached hydrogen (secondary N) is 1. The highest BCUT2D eigenvalue weighted by Crippen LogP contribution is 2.18. The van der Waals surface area contributed by atoms with E-state index in [1.165, 1.54) is 24.3 Å². The standard InChI is InChI=1S/C17H16N2O6/c1-2-24-17(21)14-5-3-4-6-15(14)18-16(20)11-25-13-9-7-12(8-10-13)19(22)23/h3-10H,2,11H2,1H3,(H,18,20). The van der Waals surface area contributed by atoms with Crippen LogP contribution in [0.1, 0.15) is 17.3 Å². The molecular weight excluding hydrogens is 328 g/mol. The predicted molar refractivity (Wildman–Crippen MR) is 89.6 cm³/mol. The molecule has 2 aromatic rings. The van der Waals surface area contributed by atoms with Crippen molar-refractivity contribution in [2.24, 2.45) is 0 Å². The molecule has 0 aliphatic rings. The van der Waals surface area contributed by atoms with Crippen LogP contribution in [-0.2, 0) is 9.53 Å². The molecule has 25 heavy (non-hydrogen) atoms. The largest absolute Gasteiger partial charge is 0.484 e. The third-order valence-corrected chi connectivity index (χ3v) is 3.11. The lowest BCUT2D eigenvalue weighted by atomic mass is 10.2. The average molecular weight is 344 g/mol. The van der Waals surface area contributed by atoms with Gasteiger partial charge in [-0.05, 0) is 31.2 Å². The van der Waals surface area contributed by atoms with E-state index in [-0.39, 0.29) is 24.5 Å². The topological polar surface area (TPSA) is 108 Å². The predicted octanol–water partition coefficient (Wildman–Crippen LogP) is 2.79. The Kier molecular flexibility index (Phi) is 6.05. The molecule has 0 aromatic heterocycles. The van der Waals surface area contributed by atoms with Crippen LogP contribution < -0.4 is 10.1 Å². The van der Waals surface area contributed by atoms with Crippen LogP contribution in [0, 0.1) is 10.1 Å². The number of rotatable bonds is 7. The van der Waals surface area contributed by atoms with E-state index in [9.17, 15) is 19.7 Å². The van der Waals surface area contributed by atoms with E-state index in [4.69, 9.17) is 9.47 Å². The van der Waals surface area contributed by atoms with Crippen molar-refractivity contribution in [3.05, 3.63) is 64.2 Å². The molecule has 0 aliphatic carbocycles. The van der Waals surface area contributed by atoms with E-state index in [0.717, 1.165) is 0 Å². The van der Waals surface area contributed by atoms with Crippen LogP contribution in [-0.4, -0.2) is 30.0 Å². The Bertz CT molecular complexity index is 773. The van der Waals surface area contributed by atoms with Gasteiger partial charge in [0, 0.05) is 12.1 Å². The molecule has 2 aromatic carbocycles. The Balaban J connectivity index is 1.96. The van der Waals surface area contributed by atoms with E-state index in [1.54, 1.807) is 31.2 Å². The summed E-state index contributed by atoms with van der Waals surface area (Å²) in [5.74, 6) is -0.691. The third kappa shape index (κ3) is 5.03. The van der Waals surface area contributed by atoms with E-state index in [1.807, 2.05) is 0 Å². The molecule has 0 heterocycles. The molecule has 8 nitrogen and oxygen atoms in total. The van der Waals surface area contributed by atoms with Gasteiger partial charge in [-0.15, -0.1) is 0 Å². The highest BCUT2D eigenvalue weighted by atomic mass is 16.6. The average Bonchev–Trinajstić information content (AvgIpc) is 2.61. The maximum Gasteiger partial charge on any atom is 0.340 e. The minimum absolute atomic E-state index is 0.0693. The number of hydrogen-bond donors (Lipinski definition) is 1. The number of hydrogen-bond acceptors (Lipinski definition) is 6. The Morgan fingerprint density at radius 1 is 1.12 bits per heavy atom. The molecule has 2 rings (SSSR count). The maximum absolute atomic E-state index is 12.0. The second kappa shape index (κ2) is 8.44. The molecular formula is C17H16N2O6. The zero-order chi connectivity index (χ0) is 18.2. The van der Waals surface area contributed by atoms with Gasteiger partial charge in [0.15, 0.2) is 6.61 Å². The minimum Gasteiger partial charge on any atom is -0.484 e. The molecule has 8 heteroatoms. The van der Waals surface area contributed by atoms with Crippen molar-refractivity contribution in [3.8, 4) is 5.75 Å². The first-order valence-corrected chi connectivity index (χ1v) is 7.44. The van der Waals surface area contributed by atoms with Crippen molar-refractivity contribution < 1.29 is 24.0 Å². The third-order valence-electron chi connectivity index (χ3n) is 3.11. The quantitative estimate of drug-likeness (QED) is 0.470. The highest BCUT2D eigenvalue weighted by Gasteiger charge is 2.14. The van der Waals surface area contributed by atoms with E-state index < -0.39 is 16.8 Å². The molecule has 130 valence electrons. The van der Waals surface area contributed by atoms with Crippen LogP contribution in [0.2, 0.25) is 0 Å². The monoisotopic (exact) mass is 344 g/mol. The number of non-ortho nitro benzene ring substituents is 1. The molecule has 0 bridgehead atoms. The lowest BCUT2D eigenvalue weighted by Gasteiger charge is -2.11. The normalized spacial score (nSPS) is 9.96. The Morgan fingerprint density at radius 2 is 1.80 bits per heavy atom. The molecule has 1 N–H and O–H groups in total. The van der Waals surface area contributed by atoms with E-state index >= 15 is 0 Å². The molecule has 0 aliphatic heterocycles. The number of ether oxygens (including phenoxy) is 2. The number of nitrogens with zero attached hydrogens (tertiary/aromatic N) is 1. The molecule has 0 saturated heterocycles. The minimum atomic E-state index is -0.533. The van der Waals surface area contributed by atoms with E-state index in [0.29, 0.717) is 11.4 Å². The summed E-state index contributed by atoms with van der Waals surface area (Å²) in [4.78, 5) is 33.9. The van der Waals surface area contributed by atoms with Gasteiger partial charge >= 0.3 is 5.97 Å². The zero-order valence-corrected chi connectivity index (χ0v) is 13.4. The summed E-state index contributed by atoms with van der Waals surface area (Å²) in [7, 11) is 0. The summed E-state index contributed by atoms with van der Waals surface area (Å²) in [6.07, 6.45) is 0. The molecule has 1 amide bonds. The van der Waals surface area contributed by atoms with Gasteiger partial charge in [-0.2, -0.15) is 0 Å². The summed E-state index contributed by atoms with van der Waals surface area (Å²) < 4.78 is 10.2. The maximum atomic E-state index is 12.0. The van der Waals surface area contributed by atoms with Crippen molar-refractivity contribution in [2.45, 2.75) is 6.92 Å². The van der Waals surface area contributed by atoms with Gasteiger partial charge in [-0.25, -0.2) is 4.79 Å². The zero-order valence-electron chi connectivity index (χ0n) is 13.4. The molecule has 0 saturated carbocycles. The fraction of sp³-hybridized carbons (Fsp3) is 0.176. The van der Waals surface area contributed by atoms with Crippen molar-refractivity contribution in [3.63, 3.8) is 0 Å². The summed E-state index contributed by atoms with van der Waals surface area (Å²) in [6, 6.07) is 11.8. The van der Waals surface area contributed by atoms with Gasteiger partial charge in [0.1, 0.15) is 5.75 Å². The van der Waals surface area contributed by atoms with Crippen molar-refractivity contribution >= 4 is 23.3 Å². The fourth-order valence-electron chi connectivity index (χ4n) is 1.98. The first kappa shape index (κ1) is 17.9.